The maximum atomic E-state index is 6.42. The van der Waals surface area contributed by atoms with E-state index in [4.69, 9.17) is 11.6 Å². The van der Waals surface area contributed by atoms with Crippen molar-refractivity contribution in [1.82, 2.24) is 15.1 Å². The van der Waals surface area contributed by atoms with Crippen LogP contribution in [0.5, 0.6) is 0 Å². The number of halogens is 1. The standard InChI is InChI=1S/C16H28ClN3/c1-4-18-14(13-9-7-5-6-8-10-13)11-15-16(17)12(2)19-20(15)3/h13-14,18H,4-11H2,1-3H3. The molecule has 2 rings (SSSR count). The summed E-state index contributed by atoms with van der Waals surface area (Å²) >= 11 is 6.42. The van der Waals surface area contributed by atoms with Crippen LogP contribution in [0.2, 0.25) is 5.02 Å². The predicted molar refractivity (Wildman–Crippen MR) is 85.3 cm³/mol. The molecule has 0 spiro atoms. The molecule has 1 N–H and O–H groups in total. The highest BCUT2D eigenvalue weighted by molar-refractivity contribution is 6.31. The van der Waals surface area contributed by atoms with Crippen LogP contribution in [-0.2, 0) is 13.5 Å². The lowest BCUT2D eigenvalue weighted by molar-refractivity contribution is 0.317. The Balaban J connectivity index is 2.11. The molecule has 1 aliphatic rings. The number of nitrogens with zero attached hydrogens (tertiary/aromatic N) is 2. The highest BCUT2D eigenvalue weighted by atomic mass is 35.5. The Hall–Kier alpha value is -0.540. The Morgan fingerprint density at radius 1 is 1.30 bits per heavy atom. The van der Waals surface area contributed by atoms with Gasteiger partial charge in [-0.3, -0.25) is 4.68 Å². The smallest absolute Gasteiger partial charge is 0.0847 e. The first-order valence-electron chi connectivity index (χ1n) is 8.04. The molecule has 20 heavy (non-hydrogen) atoms. The maximum Gasteiger partial charge on any atom is 0.0847 e. The number of aromatic nitrogens is 2. The lowest BCUT2D eigenvalue weighted by atomic mass is 9.89. The van der Waals surface area contributed by atoms with Gasteiger partial charge in [0.05, 0.1) is 16.4 Å². The zero-order valence-electron chi connectivity index (χ0n) is 13.1. The summed E-state index contributed by atoms with van der Waals surface area (Å²) in [5, 5.41) is 8.99. The van der Waals surface area contributed by atoms with Gasteiger partial charge in [-0.15, -0.1) is 0 Å². The van der Waals surface area contributed by atoms with Crippen LogP contribution in [0.4, 0.5) is 0 Å². The van der Waals surface area contributed by atoms with Crippen LogP contribution in [0.1, 0.15) is 56.8 Å². The second-order valence-electron chi connectivity index (χ2n) is 6.09. The van der Waals surface area contributed by atoms with Crippen molar-refractivity contribution >= 4 is 11.6 Å². The van der Waals surface area contributed by atoms with Gasteiger partial charge >= 0.3 is 0 Å². The van der Waals surface area contributed by atoms with Crippen LogP contribution in [-0.4, -0.2) is 22.4 Å². The molecular weight excluding hydrogens is 270 g/mol. The molecule has 0 bridgehead atoms. The summed E-state index contributed by atoms with van der Waals surface area (Å²) in [5.41, 5.74) is 2.12. The van der Waals surface area contributed by atoms with Crippen LogP contribution < -0.4 is 5.32 Å². The molecule has 0 aliphatic heterocycles. The predicted octanol–water partition coefficient (Wildman–Crippen LogP) is 3.87. The molecule has 1 aromatic rings. The largest absolute Gasteiger partial charge is 0.314 e. The van der Waals surface area contributed by atoms with E-state index in [-0.39, 0.29) is 0 Å². The number of hydrogen-bond donors (Lipinski definition) is 1. The average Bonchev–Trinajstić information content (AvgIpc) is 2.67. The number of hydrogen-bond acceptors (Lipinski definition) is 2. The van der Waals surface area contributed by atoms with E-state index in [1.54, 1.807) is 0 Å². The van der Waals surface area contributed by atoms with Gasteiger partial charge in [0.25, 0.3) is 0 Å². The van der Waals surface area contributed by atoms with Gasteiger partial charge in [0.2, 0.25) is 0 Å². The molecule has 1 unspecified atom stereocenters. The quantitative estimate of drug-likeness (QED) is 0.836. The SMILES string of the molecule is CCNC(Cc1c(Cl)c(C)nn1C)C1CCCCCC1. The van der Waals surface area contributed by atoms with E-state index < -0.39 is 0 Å². The van der Waals surface area contributed by atoms with E-state index in [1.165, 1.54) is 44.2 Å². The summed E-state index contributed by atoms with van der Waals surface area (Å²) < 4.78 is 1.96. The first kappa shape index (κ1) is 15.8. The minimum atomic E-state index is 0.533. The summed E-state index contributed by atoms with van der Waals surface area (Å²) in [6, 6.07) is 0.533. The molecule has 0 saturated heterocycles. The van der Waals surface area contributed by atoms with Crippen molar-refractivity contribution in [3.8, 4) is 0 Å². The molecule has 0 amide bonds. The van der Waals surface area contributed by atoms with Crippen molar-refractivity contribution in [3.05, 3.63) is 16.4 Å². The average molecular weight is 298 g/mol. The fourth-order valence-electron chi connectivity index (χ4n) is 3.49. The highest BCUT2D eigenvalue weighted by Gasteiger charge is 2.25. The van der Waals surface area contributed by atoms with Crippen molar-refractivity contribution in [2.75, 3.05) is 6.54 Å². The zero-order chi connectivity index (χ0) is 14.5. The van der Waals surface area contributed by atoms with Gasteiger partial charge in [0.1, 0.15) is 0 Å². The minimum absolute atomic E-state index is 0.533. The summed E-state index contributed by atoms with van der Waals surface area (Å²) in [5.74, 6) is 0.781. The number of aryl methyl sites for hydroxylation is 2. The van der Waals surface area contributed by atoms with Crippen LogP contribution >= 0.6 is 11.6 Å². The molecule has 1 saturated carbocycles. The number of likely N-dealkylation sites (N-methyl/N-ethyl adjacent to an activating group) is 1. The molecule has 0 aromatic carbocycles. The Labute approximate surface area is 128 Å². The summed E-state index contributed by atoms with van der Waals surface area (Å²) in [6.07, 6.45) is 9.27. The van der Waals surface area contributed by atoms with Gasteiger partial charge in [-0.25, -0.2) is 0 Å². The molecular formula is C16H28ClN3. The zero-order valence-corrected chi connectivity index (χ0v) is 13.8. The van der Waals surface area contributed by atoms with E-state index in [0.717, 1.165) is 29.6 Å². The molecule has 3 nitrogen and oxygen atoms in total. The maximum absolute atomic E-state index is 6.42. The van der Waals surface area contributed by atoms with Crippen molar-refractivity contribution in [2.45, 2.75) is 64.8 Å². The lowest BCUT2D eigenvalue weighted by Gasteiger charge is -2.27. The molecule has 114 valence electrons. The first-order chi connectivity index (χ1) is 9.63. The molecule has 1 aliphatic carbocycles. The Morgan fingerprint density at radius 3 is 2.45 bits per heavy atom. The van der Waals surface area contributed by atoms with Gasteiger partial charge in [0, 0.05) is 19.5 Å². The van der Waals surface area contributed by atoms with Crippen molar-refractivity contribution in [2.24, 2.45) is 13.0 Å². The summed E-state index contributed by atoms with van der Waals surface area (Å²) in [4.78, 5) is 0. The van der Waals surface area contributed by atoms with E-state index in [9.17, 15) is 0 Å². The van der Waals surface area contributed by atoms with Gasteiger partial charge in [0.15, 0.2) is 0 Å². The fraction of sp³-hybridized carbons (Fsp3) is 0.812. The summed E-state index contributed by atoms with van der Waals surface area (Å²) in [6.45, 7) is 5.20. The van der Waals surface area contributed by atoms with Gasteiger partial charge in [-0.1, -0.05) is 44.2 Å². The fourth-order valence-corrected chi connectivity index (χ4v) is 3.73. The molecule has 0 radical (unpaired) electrons. The lowest BCUT2D eigenvalue weighted by Crippen LogP contribution is -2.38. The molecule has 1 atom stereocenters. The Bertz CT molecular complexity index is 420. The first-order valence-corrected chi connectivity index (χ1v) is 8.42. The molecule has 4 heteroatoms. The van der Waals surface area contributed by atoms with Crippen LogP contribution in [0.25, 0.3) is 0 Å². The number of nitrogens with one attached hydrogen (secondary N) is 1. The van der Waals surface area contributed by atoms with E-state index >= 15 is 0 Å². The second-order valence-corrected chi connectivity index (χ2v) is 6.47. The monoisotopic (exact) mass is 297 g/mol. The third-order valence-corrected chi connectivity index (χ3v) is 5.10. The highest BCUT2D eigenvalue weighted by Crippen LogP contribution is 2.29. The van der Waals surface area contributed by atoms with Gasteiger partial charge in [-0.05, 0) is 32.2 Å². The van der Waals surface area contributed by atoms with Crippen LogP contribution in [0.3, 0.4) is 0 Å². The minimum Gasteiger partial charge on any atom is -0.314 e. The third kappa shape index (κ3) is 3.76. The summed E-state index contributed by atoms with van der Waals surface area (Å²) in [7, 11) is 2.00. The second kappa shape index (κ2) is 7.46. The number of rotatable bonds is 5. The van der Waals surface area contributed by atoms with Crippen LogP contribution in [0, 0.1) is 12.8 Å². The van der Waals surface area contributed by atoms with Crippen molar-refractivity contribution in [3.63, 3.8) is 0 Å². The normalized spacial score (nSPS) is 19.0. The van der Waals surface area contributed by atoms with Crippen molar-refractivity contribution < 1.29 is 0 Å². The topological polar surface area (TPSA) is 29.9 Å². The van der Waals surface area contributed by atoms with Gasteiger partial charge in [-0.2, -0.15) is 5.10 Å². The molecule has 1 fully saturated rings. The van der Waals surface area contributed by atoms with Crippen molar-refractivity contribution in [1.29, 1.82) is 0 Å². The van der Waals surface area contributed by atoms with Crippen LogP contribution in [0.15, 0.2) is 0 Å². The van der Waals surface area contributed by atoms with Gasteiger partial charge < -0.3 is 5.32 Å². The Morgan fingerprint density at radius 2 is 1.95 bits per heavy atom. The molecule has 1 aromatic heterocycles. The van der Waals surface area contributed by atoms with E-state index in [0.29, 0.717) is 6.04 Å². The van der Waals surface area contributed by atoms with E-state index in [2.05, 4.69) is 17.3 Å². The Kier molecular flexibility index (Phi) is 5.91. The van der Waals surface area contributed by atoms with E-state index in [1.807, 2.05) is 18.7 Å². The third-order valence-electron chi connectivity index (χ3n) is 4.61. The molecule has 1 heterocycles.